The third kappa shape index (κ3) is 10.6. The van der Waals surface area contributed by atoms with Crippen LogP contribution in [-0.4, -0.2) is 87.5 Å². The summed E-state index contributed by atoms with van der Waals surface area (Å²) in [5, 5.41) is 29.3. The van der Waals surface area contributed by atoms with Crippen molar-refractivity contribution in [2.75, 3.05) is 32.8 Å². The van der Waals surface area contributed by atoms with E-state index in [2.05, 4.69) is 54.1 Å². The number of likely N-dealkylation sites (tertiary alicyclic amines) is 2. The lowest BCUT2D eigenvalue weighted by Gasteiger charge is -2.40. The number of benzene rings is 2. The van der Waals surface area contributed by atoms with Crippen molar-refractivity contribution in [1.29, 1.82) is 5.26 Å². The molecule has 12 heteroatoms. The van der Waals surface area contributed by atoms with Gasteiger partial charge in [-0.05, 0) is 87.0 Å². The standard InChI is InChI=1S/C45H53ClN4O7/c1-31-11-3-4-13-37(31)38-14-9-16-45(32(38)2,57-20-10-19-49-17-7-5-12-36(49)23-43(51)52)30-56-42-24-41(55-29-34-21-33(25-47)26-48-27-34)35(22-39(42)46)28-50-18-8-6-15-40(50)44(53)54/h3-4,9,11,13-14,16,21-22,24,26-27,32,36,40H,5-8,10,12,15,17-20,23,28-30H2,1-2H3,(H,51,52)(H,53,54)/t32?,36?,40-,45?/m0/s1. The second-order valence-corrected chi connectivity index (χ2v) is 15.8. The van der Waals surface area contributed by atoms with Crippen molar-refractivity contribution < 1.29 is 34.0 Å². The van der Waals surface area contributed by atoms with Gasteiger partial charge < -0.3 is 24.4 Å². The third-order valence-electron chi connectivity index (χ3n) is 11.6. The zero-order valence-corrected chi connectivity index (χ0v) is 33.6. The normalized spacial score (nSPS) is 22.7. The molecule has 11 nitrogen and oxygen atoms in total. The molecule has 4 atom stereocenters. The van der Waals surface area contributed by atoms with Gasteiger partial charge in [0.05, 0.1) is 17.0 Å². The maximum atomic E-state index is 12.2. The van der Waals surface area contributed by atoms with E-state index in [9.17, 15) is 25.1 Å². The molecule has 57 heavy (non-hydrogen) atoms. The monoisotopic (exact) mass is 796 g/mol. The summed E-state index contributed by atoms with van der Waals surface area (Å²) in [5.74, 6) is -0.839. The van der Waals surface area contributed by atoms with Crippen molar-refractivity contribution >= 4 is 29.1 Å². The number of aromatic nitrogens is 1. The number of hydrogen-bond donors (Lipinski definition) is 2. The van der Waals surface area contributed by atoms with Gasteiger partial charge >= 0.3 is 11.9 Å². The topological polar surface area (TPSA) is 145 Å². The van der Waals surface area contributed by atoms with E-state index in [0.29, 0.717) is 53.8 Å². The number of aliphatic carboxylic acids is 2. The van der Waals surface area contributed by atoms with E-state index in [1.54, 1.807) is 24.4 Å². The Morgan fingerprint density at radius 3 is 2.58 bits per heavy atom. The van der Waals surface area contributed by atoms with Gasteiger partial charge in [0.2, 0.25) is 0 Å². The quantitative estimate of drug-likeness (QED) is 0.128. The molecule has 3 aromatic rings. The molecule has 3 unspecified atom stereocenters. The lowest BCUT2D eigenvalue weighted by molar-refractivity contribution is -0.145. The highest BCUT2D eigenvalue weighted by Gasteiger charge is 2.41. The number of piperidine rings is 2. The molecule has 3 heterocycles. The summed E-state index contributed by atoms with van der Waals surface area (Å²) in [5.41, 5.74) is 4.41. The minimum absolute atomic E-state index is 0.0376. The molecule has 1 aliphatic carbocycles. The summed E-state index contributed by atoms with van der Waals surface area (Å²) in [6.07, 6.45) is 15.6. The number of aryl methyl sites for hydroxylation is 1. The van der Waals surface area contributed by atoms with Crippen LogP contribution in [0.4, 0.5) is 0 Å². The molecule has 2 saturated heterocycles. The molecule has 0 bridgehead atoms. The zero-order chi connectivity index (χ0) is 40.4. The van der Waals surface area contributed by atoms with Crippen LogP contribution < -0.4 is 9.47 Å². The number of nitrogens with zero attached hydrogens (tertiary/aromatic N) is 4. The number of allylic oxidation sites excluding steroid dienone is 2. The van der Waals surface area contributed by atoms with Crippen molar-refractivity contribution in [2.45, 2.75) is 96.1 Å². The van der Waals surface area contributed by atoms with Gasteiger partial charge in [0.25, 0.3) is 0 Å². The Kier molecular flexibility index (Phi) is 14.4. The molecule has 2 aromatic carbocycles. The molecule has 6 rings (SSSR count). The van der Waals surface area contributed by atoms with E-state index in [1.165, 1.54) is 6.20 Å². The Hall–Kier alpha value is -4.73. The number of hydrogen-bond acceptors (Lipinski definition) is 9. The van der Waals surface area contributed by atoms with Crippen LogP contribution >= 0.6 is 11.6 Å². The highest BCUT2D eigenvalue weighted by molar-refractivity contribution is 6.32. The van der Waals surface area contributed by atoms with Gasteiger partial charge in [-0.25, -0.2) is 0 Å². The van der Waals surface area contributed by atoms with Crippen molar-refractivity contribution in [3.8, 4) is 17.6 Å². The third-order valence-corrected chi connectivity index (χ3v) is 11.9. The first-order valence-corrected chi connectivity index (χ1v) is 20.4. The molecule has 0 spiro atoms. The number of rotatable bonds is 17. The lowest BCUT2D eigenvalue weighted by Crippen LogP contribution is -2.46. The van der Waals surface area contributed by atoms with Crippen LogP contribution in [0.25, 0.3) is 5.57 Å². The van der Waals surface area contributed by atoms with Crippen LogP contribution in [0.15, 0.2) is 73.1 Å². The van der Waals surface area contributed by atoms with E-state index in [1.807, 2.05) is 23.1 Å². The maximum Gasteiger partial charge on any atom is 0.320 e. The second kappa shape index (κ2) is 19.6. The van der Waals surface area contributed by atoms with E-state index in [-0.39, 0.29) is 31.6 Å². The van der Waals surface area contributed by atoms with Gasteiger partial charge in [-0.1, -0.05) is 67.8 Å². The van der Waals surface area contributed by atoms with Gasteiger partial charge in [-0.3, -0.25) is 24.4 Å². The van der Waals surface area contributed by atoms with Gasteiger partial charge in [0, 0.05) is 61.2 Å². The van der Waals surface area contributed by atoms with Crippen LogP contribution in [-0.2, 0) is 27.5 Å². The van der Waals surface area contributed by atoms with E-state index >= 15 is 0 Å². The molecule has 1 aromatic heterocycles. The van der Waals surface area contributed by atoms with Crippen LogP contribution in [0.3, 0.4) is 0 Å². The lowest BCUT2D eigenvalue weighted by atomic mass is 9.76. The van der Waals surface area contributed by atoms with Gasteiger partial charge in [0.1, 0.15) is 42.4 Å². The summed E-state index contributed by atoms with van der Waals surface area (Å²) < 4.78 is 19.9. The summed E-state index contributed by atoms with van der Waals surface area (Å²) in [6, 6.07) is 15.1. The van der Waals surface area contributed by atoms with E-state index in [0.717, 1.165) is 73.9 Å². The van der Waals surface area contributed by atoms with E-state index < -0.39 is 23.6 Å². The minimum Gasteiger partial charge on any atom is -0.489 e. The Morgan fingerprint density at radius 2 is 1.81 bits per heavy atom. The van der Waals surface area contributed by atoms with Crippen molar-refractivity contribution in [3.63, 3.8) is 0 Å². The number of nitriles is 1. The number of halogens is 1. The fourth-order valence-corrected chi connectivity index (χ4v) is 8.63. The highest BCUT2D eigenvalue weighted by Crippen LogP contribution is 2.42. The largest absolute Gasteiger partial charge is 0.489 e. The number of pyridine rings is 1. The second-order valence-electron chi connectivity index (χ2n) is 15.4. The Balaban J connectivity index is 1.26. The predicted molar refractivity (Wildman–Crippen MR) is 218 cm³/mol. The number of ether oxygens (including phenoxy) is 3. The summed E-state index contributed by atoms with van der Waals surface area (Å²) in [4.78, 5) is 32.2. The predicted octanol–water partition coefficient (Wildman–Crippen LogP) is 8.08. The fraction of sp³-hybridized carbons (Fsp3) is 0.467. The molecule has 302 valence electrons. The smallest absolute Gasteiger partial charge is 0.320 e. The Labute approximate surface area is 340 Å². The average molecular weight is 797 g/mol. The first kappa shape index (κ1) is 41.9. The zero-order valence-electron chi connectivity index (χ0n) is 32.9. The van der Waals surface area contributed by atoms with Crippen LogP contribution in [0.5, 0.6) is 11.5 Å². The molecule has 0 saturated carbocycles. The molecular weight excluding hydrogens is 744 g/mol. The SMILES string of the molecule is Cc1ccccc1C1=CC=CC(COc2cc(OCc3cncc(C#N)c3)c(CN3CCCC[C@H]3C(=O)O)cc2Cl)(OCCCN2CCCCC2CC(=O)O)C1C. The molecule has 0 amide bonds. The summed E-state index contributed by atoms with van der Waals surface area (Å²) >= 11 is 7.00. The summed E-state index contributed by atoms with van der Waals surface area (Å²) in [7, 11) is 0. The molecule has 3 aliphatic rings. The first-order chi connectivity index (χ1) is 27.6. The molecule has 2 aliphatic heterocycles. The minimum atomic E-state index is -0.871. The number of carbonyl (C=O) groups is 2. The molecule has 0 radical (unpaired) electrons. The van der Waals surface area contributed by atoms with Crippen molar-refractivity contribution in [2.24, 2.45) is 5.92 Å². The van der Waals surface area contributed by atoms with Crippen LogP contribution in [0, 0.1) is 24.2 Å². The van der Waals surface area contributed by atoms with E-state index in [4.69, 9.17) is 25.8 Å². The first-order valence-electron chi connectivity index (χ1n) is 20.0. The molecular formula is C45H53ClN4O7. The number of carboxylic acids is 2. The van der Waals surface area contributed by atoms with Gasteiger partial charge in [-0.2, -0.15) is 5.26 Å². The number of carboxylic acid groups (broad SMARTS) is 2. The maximum absolute atomic E-state index is 12.2. The Morgan fingerprint density at radius 1 is 1.02 bits per heavy atom. The molecule has 2 N–H and O–H groups in total. The summed E-state index contributed by atoms with van der Waals surface area (Å²) in [6.45, 7) is 7.55. The average Bonchev–Trinajstić information content (AvgIpc) is 3.20. The van der Waals surface area contributed by atoms with Crippen LogP contribution in [0.2, 0.25) is 5.02 Å². The fourth-order valence-electron chi connectivity index (χ4n) is 8.39. The van der Waals surface area contributed by atoms with Gasteiger partial charge in [-0.15, -0.1) is 0 Å². The highest BCUT2D eigenvalue weighted by atomic mass is 35.5. The molecule has 2 fully saturated rings. The Bertz CT molecular complexity index is 2000. The van der Waals surface area contributed by atoms with Crippen molar-refractivity contribution in [1.82, 2.24) is 14.8 Å². The van der Waals surface area contributed by atoms with Crippen molar-refractivity contribution in [3.05, 3.63) is 106 Å². The van der Waals surface area contributed by atoms with Gasteiger partial charge in [0.15, 0.2) is 0 Å². The van der Waals surface area contributed by atoms with Crippen LogP contribution in [0.1, 0.15) is 86.1 Å².